The van der Waals surface area contributed by atoms with E-state index in [4.69, 9.17) is 23.8 Å². The molecule has 5 aliphatic heterocycles. The summed E-state index contributed by atoms with van der Waals surface area (Å²) in [4.78, 5) is 19.3. The van der Waals surface area contributed by atoms with E-state index < -0.39 is 48.1 Å². The molecule has 0 aromatic heterocycles. The molecule has 1 aromatic rings. The van der Waals surface area contributed by atoms with Crippen molar-refractivity contribution in [3.05, 3.63) is 58.9 Å². The van der Waals surface area contributed by atoms with E-state index in [2.05, 4.69) is 5.16 Å². The highest BCUT2D eigenvalue weighted by molar-refractivity contribution is 6.07. The molecule has 9 nitrogen and oxygen atoms in total. The van der Waals surface area contributed by atoms with E-state index in [-0.39, 0.29) is 36.4 Å². The summed E-state index contributed by atoms with van der Waals surface area (Å²) in [5.41, 5.74) is 2.41. The minimum atomic E-state index is -0.968. The number of ether oxygens (including phenoxy) is 4. The third-order valence-electron chi connectivity index (χ3n) is 9.27. The largest absolute Gasteiger partial charge is 0.498 e. The number of epoxide rings is 2. The van der Waals surface area contributed by atoms with Gasteiger partial charge in [-0.25, -0.2) is 0 Å². The van der Waals surface area contributed by atoms with Gasteiger partial charge in [0.05, 0.1) is 30.0 Å². The Morgan fingerprint density at radius 3 is 2.56 bits per heavy atom. The Kier molecular flexibility index (Phi) is 4.21. The van der Waals surface area contributed by atoms with E-state index in [9.17, 15) is 15.0 Å². The van der Waals surface area contributed by atoms with Crippen molar-refractivity contribution >= 4 is 11.5 Å². The number of rotatable bonds is 3. The first-order chi connectivity index (χ1) is 17.4. The fourth-order valence-corrected chi connectivity index (χ4v) is 7.76. The van der Waals surface area contributed by atoms with Crippen LogP contribution in [0.4, 0.5) is 0 Å². The van der Waals surface area contributed by atoms with Crippen molar-refractivity contribution in [3.8, 4) is 0 Å². The van der Waals surface area contributed by atoms with Crippen molar-refractivity contribution < 1.29 is 38.8 Å². The average Bonchev–Trinajstić information content (AvgIpc) is 3.79. The van der Waals surface area contributed by atoms with Crippen LogP contribution in [0.1, 0.15) is 19.4 Å². The minimum absolute atomic E-state index is 0.0701. The number of hydrogen-bond donors (Lipinski definition) is 2. The fraction of sp³-hybridized carbons (Fsp3) is 0.556. The van der Waals surface area contributed by atoms with Gasteiger partial charge in [0, 0.05) is 23.0 Å². The molecule has 1 saturated carbocycles. The van der Waals surface area contributed by atoms with Crippen molar-refractivity contribution in [3.63, 3.8) is 0 Å². The number of Topliss-reactive ketones (excluding diaryl/α,β-unsaturated/α-hetero) is 1. The SMILES string of the molecule is CC1OC=C2[C@H](O)C3O[C@@H]3/C(=N\OCc3ccccc3)[C@@]23C1[C@H]1C2=C([C@H]3OC1C)[C@H](O)[C@H]1O[C@H]1C2=O. The number of carbonyl (C=O) groups is 1. The lowest BCUT2D eigenvalue weighted by molar-refractivity contribution is -0.187. The van der Waals surface area contributed by atoms with Crippen LogP contribution in [0.15, 0.2) is 58.5 Å². The summed E-state index contributed by atoms with van der Waals surface area (Å²) in [5.74, 6) is -0.701. The van der Waals surface area contributed by atoms with Crippen LogP contribution in [0.3, 0.4) is 0 Å². The number of hydrogen-bond acceptors (Lipinski definition) is 9. The second kappa shape index (κ2) is 7.05. The Balaban J connectivity index is 1.31. The summed E-state index contributed by atoms with van der Waals surface area (Å²) in [7, 11) is 0. The van der Waals surface area contributed by atoms with Gasteiger partial charge in [0.15, 0.2) is 5.78 Å². The number of carbonyl (C=O) groups excluding carboxylic acids is 1. The average molecular weight is 494 g/mol. The molecule has 1 aromatic carbocycles. The van der Waals surface area contributed by atoms with Crippen molar-refractivity contribution in [1.29, 1.82) is 0 Å². The molecule has 3 saturated heterocycles. The molecular formula is C27H27NO8. The van der Waals surface area contributed by atoms with E-state index in [1.807, 2.05) is 44.2 Å². The van der Waals surface area contributed by atoms with Crippen molar-refractivity contribution in [2.45, 2.75) is 75.4 Å². The van der Waals surface area contributed by atoms with Crippen LogP contribution >= 0.6 is 0 Å². The molecule has 4 fully saturated rings. The summed E-state index contributed by atoms with van der Waals surface area (Å²) < 4.78 is 24.2. The van der Waals surface area contributed by atoms with Crippen LogP contribution in [0, 0.1) is 17.3 Å². The van der Waals surface area contributed by atoms with E-state index in [1.165, 1.54) is 0 Å². The van der Waals surface area contributed by atoms with Gasteiger partial charge in [0.2, 0.25) is 0 Å². The number of ketones is 1. The highest BCUT2D eigenvalue weighted by Crippen LogP contribution is 2.68. The van der Waals surface area contributed by atoms with Gasteiger partial charge in [-0.2, -0.15) is 0 Å². The molecule has 4 unspecified atom stereocenters. The molecule has 188 valence electrons. The Labute approximate surface area is 207 Å². The Hall–Kier alpha value is -2.56. The molecule has 1 spiro atoms. The molecule has 12 atom stereocenters. The first-order valence-corrected chi connectivity index (χ1v) is 12.7. The standard InChI is InChI=1S/C27H27NO8/c1-10-14-15-16(20(31)23-22(35-23)19(15)30)26(34-10)27-13(9-32-11(2)17(14)27)18(29)21-24(36-21)25(27)28-33-8-12-6-4-3-5-7-12/h3-7,9-11,14,17-18,20-24,26,29,31H,8H2,1-2H3/b28-25+/t10?,11?,14-,17?,18+,20+,21?,22+,23-,24+,26-,27+/m1/s1. The third-order valence-corrected chi connectivity index (χ3v) is 9.27. The lowest BCUT2D eigenvalue weighted by Crippen LogP contribution is -2.72. The summed E-state index contributed by atoms with van der Waals surface area (Å²) in [6.07, 6.45) is -3.61. The number of benzene rings is 1. The maximum atomic E-state index is 13.4. The summed E-state index contributed by atoms with van der Waals surface area (Å²) in [6, 6.07) is 9.75. The maximum Gasteiger partial charge on any atom is 0.190 e. The molecule has 5 heterocycles. The van der Waals surface area contributed by atoms with E-state index in [0.29, 0.717) is 22.4 Å². The molecule has 8 aliphatic rings. The monoisotopic (exact) mass is 493 g/mol. The molecule has 0 amide bonds. The normalized spacial score (nSPS) is 50.2. The summed E-state index contributed by atoms with van der Waals surface area (Å²) in [5, 5.41) is 27.3. The van der Waals surface area contributed by atoms with Crippen molar-refractivity contribution in [1.82, 2.24) is 0 Å². The number of nitrogens with zero attached hydrogens (tertiary/aromatic N) is 1. The van der Waals surface area contributed by atoms with Crippen LogP contribution in [-0.4, -0.2) is 76.6 Å². The van der Waals surface area contributed by atoms with E-state index >= 15 is 0 Å². The first-order valence-electron chi connectivity index (χ1n) is 12.7. The van der Waals surface area contributed by atoms with E-state index in [0.717, 1.165) is 5.56 Å². The highest BCUT2D eigenvalue weighted by Gasteiger charge is 2.78. The second-order valence-electron chi connectivity index (χ2n) is 11.0. The quantitative estimate of drug-likeness (QED) is 0.473. The van der Waals surface area contributed by atoms with Gasteiger partial charge in [0.1, 0.15) is 48.9 Å². The highest BCUT2D eigenvalue weighted by atomic mass is 16.6. The minimum Gasteiger partial charge on any atom is -0.498 e. The molecule has 36 heavy (non-hydrogen) atoms. The lowest BCUT2D eigenvalue weighted by atomic mass is 9.45. The second-order valence-corrected chi connectivity index (χ2v) is 11.0. The molecule has 3 aliphatic carbocycles. The molecule has 9 rings (SSSR count). The number of fused-ring (bicyclic) bond motifs is 3. The Morgan fingerprint density at radius 2 is 1.75 bits per heavy atom. The third kappa shape index (κ3) is 2.48. The lowest BCUT2D eigenvalue weighted by Gasteiger charge is -2.64. The van der Waals surface area contributed by atoms with Crippen molar-refractivity contribution in [2.75, 3.05) is 0 Å². The van der Waals surface area contributed by atoms with Crippen LogP contribution in [0.25, 0.3) is 0 Å². The molecule has 2 N–H and O–H groups in total. The topological polar surface area (TPSA) is 123 Å². The zero-order chi connectivity index (χ0) is 24.5. The molecule has 9 heteroatoms. The van der Waals surface area contributed by atoms with Crippen LogP contribution < -0.4 is 0 Å². The van der Waals surface area contributed by atoms with Gasteiger partial charge in [-0.3, -0.25) is 4.79 Å². The number of aliphatic hydroxyl groups excluding tert-OH is 2. The Morgan fingerprint density at radius 1 is 1.00 bits per heavy atom. The van der Waals surface area contributed by atoms with Gasteiger partial charge in [-0.1, -0.05) is 35.5 Å². The summed E-state index contributed by atoms with van der Waals surface area (Å²) >= 11 is 0. The van der Waals surface area contributed by atoms with Gasteiger partial charge >= 0.3 is 0 Å². The van der Waals surface area contributed by atoms with Gasteiger partial charge in [0.25, 0.3) is 0 Å². The zero-order valence-corrected chi connectivity index (χ0v) is 19.8. The van der Waals surface area contributed by atoms with Crippen LogP contribution in [0.2, 0.25) is 0 Å². The first kappa shape index (κ1) is 21.5. The molecule has 2 bridgehead atoms. The van der Waals surface area contributed by atoms with E-state index in [1.54, 1.807) is 6.26 Å². The number of oxime groups is 1. The van der Waals surface area contributed by atoms with Crippen LogP contribution in [0.5, 0.6) is 0 Å². The van der Waals surface area contributed by atoms with Crippen LogP contribution in [-0.2, 0) is 35.2 Å². The predicted molar refractivity (Wildman–Crippen MR) is 122 cm³/mol. The molecule has 0 radical (unpaired) electrons. The maximum absolute atomic E-state index is 13.4. The summed E-state index contributed by atoms with van der Waals surface area (Å²) in [6.45, 7) is 4.20. The zero-order valence-electron chi connectivity index (χ0n) is 19.8. The Bertz CT molecular complexity index is 1260. The van der Waals surface area contributed by atoms with Gasteiger partial charge < -0.3 is 34.0 Å². The number of aliphatic hydroxyl groups is 2. The predicted octanol–water partition coefficient (Wildman–Crippen LogP) is 1.03. The fourth-order valence-electron chi connectivity index (χ4n) is 7.76. The van der Waals surface area contributed by atoms with Gasteiger partial charge in [-0.15, -0.1) is 0 Å². The van der Waals surface area contributed by atoms with Gasteiger partial charge in [-0.05, 0) is 25.0 Å². The molecular weight excluding hydrogens is 466 g/mol. The smallest absolute Gasteiger partial charge is 0.190 e. The van der Waals surface area contributed by atoms with Crippen molar-refractivity contribution in [2.24, 2.45) is 22.4 Å².